The monoisotopic (exact) mass is 320 g/mol. The summed E-state index contributed by atoms with van der Waals surface area (Å²) in [5.74, 6) is 2.07. The zero-order chi connectivity index (χ0) is 16.5. The van der Waals surface area contributed by atoms with Gasteiger partial charge >= 0.3 is 0 Å². The topological polar surface area (TPSA) is 84.0 Å². The van der Waals surface area contributed by atoms with E-state index < -0.39 is 0 Å². The molecule has 0 aromatic heterocycles. The first kappa shape index (κ1) is 16.9. The van der Waals surface area contributed by atoms with Crippen molar-refractivity contribution in [2.75, 3.05) is 26.4 Å². The minimum absolute atomic E-state index is 0.0412. The average Bonchev–Trinajstić information content (AvgIpc) is 3.03. The van der Waals surface area contributed by atoms with Gasteiger partial charge in [0.25, 0.3) is 0 Å². The lowest BCUT2D eigenvalue weighted by Crippen LogP contribution is -2.43. The summed E-state index contributed by atoms with van der Waals surface area (Å²) >= 11 is 0. The first-order chi connectivity index (χ1) is 11.2. The molecule has 1 aliphatic rings. The molecule has 0 saturated heterocycles. The number of carbonyl (C=O) groups is 1. The Morgan fingerprint density at radius 1 is 1.17 bits per heavy atom. The fourth-order valence-corrected chi connectivity index (χ4v) is 2.04. The van der Waals surface area contributed by atoms with E-state index in [1.165, 1.54) is 0 Å². The van der Waals surface area contributed by atoms with Gasteiger partial charge in [0.1, 0.15) is 0 Å². The maximum atomic E-state index is 11.6. The Labute approximate surface area is 136 Å². The van der Waals surface area contributed by atoms with Crippen molar-refractivity contribution in [2.45, 2.75) is 26.8 Å². The third kappa shape index (κ3) is 5.36. The summed E-state index contributed by atoms with van der Waals surface area (Å²) in [4.78, 5) is 16.1. The maximum Gasteiger partial charge on any atom is 0.239 e. The number of guanidine groups is 1. The van der Waals surface area contributed by atoms with Gasteiger partial charge in [-0.1, -0.05) is 13.0 Å². The summed E-state index contributed by atoms with van der Waals surface area (Å²) in [6.45, 7) is 6.36. The molecular formula is C16H24N4O3. The predicted octanol–water partition coefficient (Wildman–Crippen LogP) is 0.997. The maximum absolute atomic E-state index is 11.6. The van der Waals surface area contributed by atoms with E-state index in [4.69, 9.17) is 9.47 Å². The molecule has 23 heavy (non-hydrogen) atoms. The van der Waals surface area contributed by atoms with E-state index in [0.717, 1.165) is 30.0 Å². The summed E-state index contributed by atoms with van der Waals surface area (Å²) in [6.07, 6.45) is 0.921. The zero-order valence-electron chi connectivity index (χ0n) is 13.6. The van der Waals surface area contributed by atoms with Crippen LogP contribution in [0.3, 0.4) is 0 Å². The summed E-state index contributed by atoms with van der Waals surface area (Å²) < 4.78 is 10.6. The number of amides is 1. The predicted molar refractivity (Wildman–Crippen MR) is 88.7 cm³/mol. The van der Waals surface area contributed by atoms with Crippen LogP contribution in [-0.4, -0.2) is 38.3 Å². The normalized spacial score (nSPS) is 12.9. The second-order valence-corrected chi connectivity index (χ2v) is 5.09. The van der Waals surface area contributed by atoms with Crippen LogP contribution in [0.5, 0.6) is 11.5 Å². The third-order valence-electron chi connectivity index (χ3n) is 3.19. The number of carbonyl (C=O) groups excluding carboxylic acids is 1. The van der Waals surface area contributed by atoms with Gasteiger partial charge in [0.2, 0.25) is 12.7 Å². The number of benzene rings is 1. The van der Waals surface area contributed by atoms with Crippen LogP contribution in [-0.2, 0) is 11.3 Å². The molecule has 3 N–H and O–H groups in total. The van der Waals surface area contributed by atoms with Crippen molar-refractivity contribution >= 4 is 11.9 Å². The Balaban J connectivity index is 1.89. The highest BCUT2D eigenvalue weighted by atomic mass is 16.7. The van der Waals surface area contributed by atoms with E-state index in [0.29, 0.717) is 19.0 Å². The SMILES string of the molecule is CCCNC(=O)CNC(=NCc1ccc2c(c1)OCO2)NCC. The van der Waals surface area contributed by atoms with Gasteiger partial charge in [-0.15, -0.1) is 0 Å². The van der Waals surface area contributed by atoms with Crippen molar-refractivity contribution in [1.82, 2.24) is 16.0 Å². The van der Waals surface area contributed by atoms with Crippen LogP contribution < -0.4 is 25.4 Å². The van der Waals surface area contributed by atoms with Gasteiger partial charge in [-0.25, -0.2) is 4.99 Å². The smallest absolute Gasteiger partial charge is 0.239 e. The molecule has 0 bridgehead atoms. The Morgan fingerprint density at radius 3 is 2.78 bits per heavy atom. The molecule has 7 nitrogen and oxygen atoms in total. The number of rotatable bonds is 7. The van der Waals surface area contributed by atoms with E-state index in [1.807, 2.05) is 32.0 Å². The molecule has 7 heteroatoms. The Morgan fingerprint density at radius 2 is 2.00 bits per heavy atom. The van der Waals surface area contributed by atoms with Crippen LogP contribution in [0.4, 0.5) is 0 Å². The summed E-state index contributed by atoms with van der Waals surface area (Å²) in [7, 11) is 0. The van der Waals surface area contributed by atoms with Crippen molar-refractivity contribution in [3.8, 4) is 11.5 Å². The number of aliphatic imine (C=N–C) groups is 1. The van der Waals surface area contributed by atoms with Crippen molar-refractivity contribution < 1.29 is 14.3 Å². The van der Waals surface area contributed by atoms with Gasteiger partial charge in [-0.05, 0) is 31.0 Å². The average molecular weight is 320 g/mol. The first-order valence-electron chi connectivity index (χ1n) is 7.90. The number of ether oxygens (including phenoxy) is 2. The van der Waals surface area contributed by atoms with Gasteiger partial charge in [-0.3, -0.25) is 4.79 Å². The van der Waals surface area contributed by atoms with Crippen molar-refractivity contribution in [1.29, 1.82) is 0 Å². The molecule has 0 radical (unpaired) electrons. The highest BCUT2D eigenvalue weighted by molar-refractivity contribution is 5.86. The lowest BCUT2D eigenvalue weighted by atomic mass is 10.2. The number of nitrogens with zero attached hydrogens (tertiary/aromatic N) is 1. The fourth-order valence-electron chi connectivity index (χ4n) is 2.04. The Kier molecular flexibility index (Phi) is 6.53. The van der Waals surface area contributed by atoms with Crippen LogP contribution in [0.2, 0.25) is 0 Å². The molecule has 1 amide bonds. The Bertz CT molecular complexity index is 560. The molecular weight excluding hydrogens is 296 g/mol. The van der Waals surface area contributed by atoms with Gasteiger partial charge in [-0.2, -0.15) is 0 Å². The molecule has 1 aromatic carbocycles. The second-order valence-electron chi connectivity index (χ2n) is 5.09. The lowest BCUT2D eigenvalue weighted by molar-refractivity contribution is -0.120. The molecule has 1 aliphatic heterocycles. The van der Waals surface area contributed by atoms with E-state index in [9.17, 15) is 4.79 Å². The standard InChI is InChI=1S/C16H24N4O3/c1-3-7-18-15(21)10-20-16(17-4-2)19-9-12-5-6-13-14(8-12)23-11-22-13/h5-6,8H,3-4,7,9-11H2,1-2H3,(H,18,21)(H2,17,19,20). The highest BCUT2D eigenvalue weighted by Gasteiger charge is 2.13. The van der Waals surface area contributed by atoms with Crippen LogP contribution in [0, 0.1) is 0 Å². The molecule has 0 spiro atoms. The van der Waals surface area contributed by atoms with Crippen LogP contribution in [0.15, 0.2) is 23.2 Å². The van der Waals surface area contributed by atoms with E-state index in [2.05, 4.69) is 20.9 Å². The molecule has 0 saturated carbocycles. The van der Waals surface area contributed by atoms with Crippen LogP contribution in [0.25, 0.3) is 0 Å². The van der Waals surface area contributed by atoms with E-state index in [1.54, 1.807) is 0 Å². The Hall–Kier alpha value is -2.44. The number of hydrogen-bond donors (Lipinski definition) is 3. The highest BCUT2D eigenvalue weighted by Crippen LogP contribution is 2.32. The number of fused-ring (bicyclic) bond motifs is 1. The van der Waals surface area contributed by atoms with Gasteiger partial charge < -0.3 is 25.4 Å². The summed E-state index contributed by atoms with van der Waals surface area (Å²) in [5.41, 5.74) is 1.02. The van der Waals surface area contributed by atoms with E-state index in [-0.39, 0.29) is 19.2 Å². The number of hydrogen-bond acceptors (Lipinski definition) is 4. The number of nitrogens with one attached hydrogen (secondary N) is 3. The zero-order valence-corrected chi connectivity index (χ0v) is 13.6. The lowest BCUT2D eigenvalue weighted by Gasteiger charge is -2.11. The van der Waals surface area contributed by atoms with E-state index >= 15 is 0 Å². The van der Waals surface area contributed by atoms with Crippen LogP contribution >= 0.6 is 0 Å². The molecule has 0 fully saturated rings. The first-order valence-corrected chi connectivity index (χ1v) is 7.90. The molecule has 0 unspecified atom stereocenters. The van der Waals surface area contributed by atoms with Gasteiger partial charge in [0.15, 0.2) is 17.5 Å². The van der Waals surface area contributed by atoms with Gasteiger partial charge in [0, 0.05) is 13.1 Å². The van der Waals surface area contributed by atoms with Crippen molar-refractivity contribution in [2.24, 2.45) is 4.99 Å². The molecule has 0 aliphatic carbocycles. The summed E-state index contributed by atoms with van der Waals surface area (Å²) in [6, 6.07) is 5.75. The third-order valence-corrected chi connectivity index (χ3v) is 3.19. The molecule has 1 heterocycles. The minimum Gasteiger partial charge on any atom is -0.454 e. The second kappa shape index (κ2) is 8.87. The van der Waals surface area contributed by atoms with Gasteiger partial charge in [0.05, 0.1) is 13.1 Å². The fraction of sp³-hybridized carbons (Fsp3) is 0.500. The van der Waals surface area contributed by atoms with Crippen molar-refractivity contribution in [3.63, 3.8) is 0 Å². The molecule has 2 rings (SSSR count). The van der Waals surface area contributed by atoms with Crippen LogP contribution in [0.1, 0.15) is 25.8 Å². The molecule has 1 aromatic rings. The largest absolute Gasteiger partial charge is 0.454 e. The molecule has 126 valence electrons. The summed E-state index contributed by atoms with van der Waals surface area (Å²) in [5, 5.41) is 8.96. The van der Waals surface area contributed by atoms with Crippen molar-refractivity contribution in [3.05, 3.63) is 23.8 Å². The minimum atomic E-state index is -0.0412. The molecule has 0 atom stereocenters. The quantitative estimate of drug-likeness (QED) is 0.515.